The van der Waals surface area contributed by atoms with Crippen LogP contribution in [-0.4, -0.2) is 32.8 Å². The third kappa shape index (κ3) is 4.48. The quantitative estimate of drug-likeness (QED) is 0.549. The lowest BCUT2D eigenvalue weighted by molar-refractivity contribution is 0.146. The molecule has 1 unspecified atom stereocenters. The van der Waals surface area contributed by atoms with E-state index in [1.165, 1.54) is 12.1 Å². The van der Waals surface area contributed by atoms with Crippen LogP contribution in [0, 0.1) is 12.7 Å². The fourth-order valence-corrected chi connectivity index (χ4v) is 4.76. The molecule has 5 nitrogen and oxygen atoms in total. The average molecular weight is 462 g/mol. The van der Waals surface area contributed by atoms with Crippen molar-refractivity contribution in [2.75, 3.05) is 23.9 Å². The number of rotatable bonds is 6. The molecule has 0 aliphatic carbocycles. The Morgan fingerprint density at radius 2 is 2.06 bits per heavy atom. The van der Waals surface area contributed by atoms with Crippen LogP contribution in [0.5, 0.6) is 5.75 Å². The minimum atomic E-state index is -2.88. The van der Waals surface area contributed by atoms with Crippen LogP contribution in [0.15, 0.2) is 36.4 Å². The first-order chi connectivity index (χ1) is 15.4. The lowest BCUT2D eigenvalue weighted by atomic mass is 9.99. The molecule has 0 saturated carbocycles. The van der Waals surface area contributed by atoms with Crippen molar-refractivity contribution in [3.05, 3.63) is 64.7 Å². The van der Waals surface area contributed by atoms with Gasteiger partial charge in [0.05, 0.1) is 18.2 Å². The second-order valence-corrected chi connectivity index (χ2v) is 9.07. The molecule has 0 bridgehead atoms. The van der Waals surface area contributed by atoms with Crippen molar-refractivity contribution in [1.82, 2.24) is 9.97 Å². The number of hydrogen-bond donors (Lipinski definition) is 1. The molecule has 0 saturated heterocycles. The maximum atomic E-state index is 14.5. The van der Waals surface area contributed by atoms with Crippen molar-refractivity contribution in [2.24, 2.45) is 0 Å². The Hall–Kier alpha value is -2.94. The minimum Gasteiger partial charge on any atom is -0.496 e. The van der Waals surface area contributed by atoms with Gasteiger partial charge in [-0.25, -0.2) is 23.1 Å². The number of benzene rings is 2. The van der Waals surface area contributed by atoms with Crippen LogP contribution >= 0.6 is 0 Å². The maximum absolute atomic E-state index is 14.5. The largest absolute Gasteiger partial charge is 0.496 e. The summed E-state index contributed by atoms with van der Waals surface area (Å²) in [5.41, 5.74) is 2.03. The van der Waals surface area contributed by atoms with Gasteiger partial charge in [0.1, 0.15) is 23.2 Å². The predicted molar refractivity (Wildman–Crippen MR) is 120 cm³/mol. The van der Waals surface area contributed by atoms with Crippen molar-refractivity contribution >= 4 is 33.1 Å². The van der Waals surface area contributed by atoms with Crippen molar-refractivity contribution < 1.29 is 22.1 Å². The molecule has 4 rings (SSSR count). The third-order valence-corrected chi connectivity index (χ3v) is 6.58. The van der Waals surface area contributed by atoms with Gasteiger partial charge in [-0.05, 0) is 25.0 Å². The first kappa shape index (κ1) is 22.3. The van der Waals surface area contributed by atoms with Crippen molar-refractivity contribution in [3.63, 3.8) is 0 Å². The van der Waals surface area contributed by atoms with Gasteiger partial charge in [0.2, 0.25) is 0 Å². The van der Waals surface area contributed by atoms with E-state index in [1.54, 1.807) is 14.0 Å². The molecule has 1 N–H and O–H groups in total. The second-order valence-electron chi connectivity index (χ2n) is 7.45. The second kappa shape index (κ2) is 9.28. The van der Waals surface area contributed by atoms with E-state index in [2.05, 4.69) is 15.3 Å². The lowest BCUT2D eigenvalue weighted by Gasteiger charge is -2.18. The molecule has 1 aromatic heterocycles. The average Bonchev–Trinajstić information content (AvgIpc) is 2.77. The smallest absolute Gasteiger partial charge is 0.266 e. The van der Waals surface area contributed by atoms with E-state index >= 15 is 0 Å². The fourth-order valence-electron chi connectivity index (χ4n) is 3.76. The molecule has 3 aromatic rings. The van der Waals surface area contributed by atoms with E-state index in [0.29, 0.717) is 46.2 Å². The zero-order valence-corrected chi connectivity index (χ0v) is 18.4. The van der Waals surface area contributed by atoms with Crippen LogP contribution < -0.4 is 10.1 Å². The number of alkyl halides is 2. The molecule has 32 heavy (non-hydrogen) atoms. The highest BCUT2D eigenvalue weighted by Crippen LogP contribution is 2.35. The third-order valence-electron chi connectivity index (χ3n) is 5.38. The van der Waals surface area contributed by atoms with Gasteiger partial charge in [-0.15, -0.1) is 0 Å². The zero-order chi connectivity index (χ0) is 22.8. The molecular weight excluding hydrogens is 439 g/mol. The van der Waals surface area contributed by atoms with Gasteiger partial charge in [-0.3, -0.25) is 4.21 Å². The lowest BCUT2D eigenvalue weighted by Crippen LogP contribution is -2.10. The summed E-state index contributed by atoms with van der Waals surface area (Å²) in [6.45, 7) is 1.73. The SMILES string of the molecule is COc1cc2nc(C)nc(NCc3cccc(C(F)F)c3F)c2cc1C1=CCS(=O)CC1. The number of aryl methyl sites for hydroxylation is 1. The van der Waals surface area contributed by atoms with Crippen LogP contribution in [0.2, 0.25) is 0 Å². The summed E-state index contributed by atoms with van der Waals surface area (Å²) in [4.78, 5) is 8.94. The van der Waals surface area contributed by atoms with Crippen LogP contribution in [0.3, 0.4) is 0 Å². The molecular formula is C23H22F3N3O2S. The fraction of sp³-hybridized carbons (Fsp3) is 0.304. The number of nitrogens with zero attached hydrogens (tertiary/aromatic N) is 2. The van der Waals surface area contributed by atoms with Crippen LogP contribution in [0.25, 0.3) is 16.5 Å². The maximum Gasteiger partial charge on any atom is 0.266 e. The number of allylic oxidation sites excluding steroid dienone is 1. The Balaban J connectivity index is 1.74. The van der Waals surface area contributed by atoms with Crippen LogP contribution in [0.1, 0.15) is 35.4 Å². The van der Waals surface area contributed by atoms with Crippen molar-refractivity contribution in [1.29, 1.82) is 0 Å². The van der Waals surface area contributed by atoms with Crippen LogP contribution in [-0.2, 0) is 17.3 Å². The molecule has 1 aliphatic heterocycles. The van der Waals surface area contributed by atoms with E-state index in [1.807, 2.05) is 18.2 Å². The Kier molecular flexibility index (Phi) is 6.45. The molecule has 0 spiro atoms. The molecule has 2 aromatic carbocycles. The molecule has 168 valence electrons. The van der Waals surface area contributed by atoms with Gasteiger partial charge in [0.15, 0.2) is 0 Å². The number of aromatic nitrogens is 2. The Bertz CT molecular complexity index is 1230. The van der Waals surface area contributed by atoms with E-state index in [4.69, 9.17) is 4.74 Å². The van der Waals surface area contributed by atoms with Gasteiger partial charge in [0.25, 0.3) is 6.43 Å². The number of fused-ring (bicyclic) bond motifs is 1. The van der Waals surface area contributed by atoms with Gasteiger partial charge in [-0.2, -0.15) is 0 Å². The highest BCUT2D eigenvalue weighted by Gasteiger charge is 2.19. The van der Waals surface area contributed by atoms with E-state index in [0.717, 1.165) is 17.2 Å². The number of methoxy groups -OCH3 is 1. The van der Waals surface area contributed by atoms with Crippen LogP contribution in [0.4, 0.5) is 19.0 Å². The number of anilines is 1. The first-order valence-corrected chi connectivity index (χ1v) is 11.6. The summed E-state index contributed by atoms with van der Waals surface area (Å²) < 4.78 is 57.8. The van der Waals surface area contributed by atoms with Gasteiger partial charge >= 0.3 is 0 Å². The number of hydrogen-bond acceptors (Lipinski definition) is 5. The van der Waals surface area contributed by atoms with E-state index < -0.39 is 28.6 Å². The molecule has 2 heterocycles. The Labute approximate surface area is 186 Å². The summed E-state index contributed by atoms with van der Waals surface area (Å²) in [6, 6.07) is 7.67. The summed E-state index contributed by atoms with van der Waals surface area (Å²) in [7, 11) is 0.729. The Morgan fingerprint density at radius 3 is 2.75 bits per heavy atom. The van der Waals surface area contributed by atoms with Gasteiger partial charge < -0.3 is 10.1 Å². The molecule has 9 heteroatoms. The number of ether oxygens (including phenoxy) is 1. The summed E-state index contributed by atoms with van der Waals surface area (Å²) in [5, 5.41) is 3.78. The Morgan fingerprint density at radius 1 is 1.25 bits per heavy atom. The molecule has 1 atom stereocenters. The summed E-state index contributed by atoms with van der Waals surface area (Å²) in [6.07, 6.45) is -0.267. The normalized spacial score (nSPS) is 16.3. The van der Waals surface area contributed by atoms with Crippen molar-refractivity contribution in [3.8, 4) is 5.75 Å². The predicted octanol–water partition coefficient (Wildman–Crippen LogP) is 5.17. The number of halogens is 3. The monoisotopic (exact) mass is 461 g/mol. The molecule has 0 fully saturated rings. The molecule has 0 amide bonds. The topological polar surface area (TPSA) is 64.1 Å². The minimum absolute atomic E-state index is 0.0129. The van der Waals surface area contributed by atoms with E-state index in [9.17, 15) is 17.4 Å². The van der Waals surface area contributed by atoms with Gasteiger partial charge in [0, 0.05) is 51.4 Å². The highest BCUT2D eigenvalue weighted by molar-refractivity contribution is 7.85. The van der Waals surface area contributed by atoms with Gasteiger partial charge in [-0.1, -0.05) is 24.3 Å². The molecule has 1 aliphatic rings. The summed E-state index contributed by atoms with van der Waals surface area (Å²) >= 11 is 0. The highest BCUT2D eigenvalue weighted by atomic mass is 32.2. The molecule has 0 radical (unpaired) electrons. The summed E-state index contributed by atoms with van der Waals surface area (Å²) in [5.74, 6) is 1.78. The van der Waals surface area contributed by atoms with Crippen molar-refractivity contribution in [2.45, 2.75) is 26.3 Å². The van der Waals surface area contributed by atoms with E-state index in [-0.39, 0.29) is 12.1 Å². The first-order valence-electron chi connectivity index (χ1n) is 10.1. The number of nitrogens with one attached hydrogen (secondary N) is 1. The standard InChI is InChI=1S/C23H22F3N3O2S/c1-13-28-19-11-20(31-2)17(14-6-8-32(30)9-7-14)10-18(19)23(29-13)27-12-15-4-3-5-16(21(15)24)22(25)26/h3-6,10-11,22H,7-9,12H2,1-2H3,(H,27,28,29). The zero-order valence-electron chi connectivity index (χ0n) is 17.6.